The van der Waals surface area contributed by atoms with E-state index < -0.39 is 103 Å². The molecule has 0 heterocycles. The second-order valence-corrected chi connectivity index (χ2v) is 10.6. The molecule has 0 aliphatic rings. The number of rotatable bonds is 19. The van der Waals surface area contributed by atoms with Crippen LogP contribution in [0.25, 0.3) is 0 Å². The summed E-state index contributed by atoms with van der Waals surface area (Å²) < 4.78 is 0. The van der Waals surface area contributed by atoms with Crippen molar-refractivity contribution in [2.45, 2.75) is 76.7 Å². The molecule has 248 valence electrons. The van der Waals surface area contributed by atoms with Gasteiger partial charge in [-0.2, -0.15) is 0 Å². The summed E-state index contributed by atoms with van der Waals surface area (Å²) in [6.07, 6.45) is -1.38. The molecule has 0 radical (unpaired) electrons. The molecular formula is C28H41N7O10. The molecule has 0 unspecified atom stereocenters. The number of carbonyl (C=O) groups excluding carboxylic acids is 6. The van der Waals surface area contributed by atoms with Crippen LogP contribution in [0, 0.1) is 5.92 Å². The van der Waals surface area contributed by atoms with E-state index in [9.17, 15) is 43.5 Å². The van der Waals surface area contributed by atoms with Gasteiger partial charge in [-0.05, 0) is 24.8 Å². The number of carboxylic acids is 2. The Balaban J connectivity index is 2.85. The molecule has 0 aromatic heterocycles. The fraction of sp³-hybridized carbons (Fsp3) is 0.500. The highest BCUT2D eigenvalue weighted by Gasteiger charge is 2.30. The number of benzene rings is 1. The molecule has 0 fully saturated rings. The van der Waals surface area contributed by atoms with Gasteiger partial charge in [0.25, 0.3) is 0 Å². The van der Waals surface area contributed by atoms with Gasteiger partial charge >= 0.3 is 11.9 Å². The van der Waals surface area contributed by atoms with Crippen molar-refractivity contribution >= 4 is 47.4 Å². The highest BCUT2D eigenvalue weighted by Crippen LogP contribution is 2.07. The Hall–Kier alpha value is -5.06. The number of nitrogens with one attached hydrogen (secondary N) is 5. The molecule has 17 nitrogen and oxygen atoms in total. The Morgan fingerprint density at radius 3 is 1.91 bits per heavy atom. The fourth-order valence-electron chi connectivity index (χ4n) is 3.89. The van der Waals surface area contributed by atoms with Crippen LogP contribution >= 0.6 is 0 Å². The molecule has 0 bridgehead atoms. The maximum Gasteiger partial charge on any atom is 0.326 e. The monoisotopic (exact) mass is 635 g/mol. The van der Waals surface area contributed by atoms with Crippen molar-refractivity contribution in [3.8, 4) is 0 Å². The van der Waals surface area contributed by atoms with Crippen molar-refractivity contribution in [2.24, 2.45) is 17.4 Å². The molecule has 5 atom stereocenters. The van der Waals surface area contributed by atoms with Gasteiger partial charge in [0.05, 0.1) is 19.0 Å². The number of primary amides is 1. The Bertz CT molecular complexity index is 1240. The second-order valence-electron chi connectivity index (χ2n) is 10.6. The number of carboxylic acid groups (broad SMARTS) is 2. The number of hydrogen-bond donors (Lipinski definition) is 9. The Labute approximate surface area is 259 Å². The molecule has 11 N–H and O–H groups in total. The second kappa shape index (κ2) is 18.6. The van der Waals surface area contributed by atoms with Crippen molar-refractivity contribution in [2.75, 3.05) is 6.54 Å². The van der Waals surface area contributed by atoms with Crippen LogP contribution in [-0.4, -0.2) is 94.3 Å². The van der Waals surface area contributed by atoms with Crippen LogP contribution in [-0.2, 0) is 44.8 Å². The third-order valence-electron chi connectivity index (χ3n) is 6.38. The molecule has 17 heteroatoms. The van der Waals surface area contributed by atoms with Gasteiger partial charge in [0.1, 0.15) is 24.2 Å². The molecule has 0 saturated carbocycles. The van der Waals surface area contributed by atoms with Crippen LogP contribution < -0.4 is 38.1 Å². The third-order valence-corrected chi connectivity index (χ3v) is 6.38. The smallest absolute Gasteiger partial charge is 0.326 e. The Morgan fingerprint density at radius 1 is 0.778 bits per heavy atom. The SMILES string of the molecule is CC(C)[C@H](NC(=O)[C@@H](N)CC(N)=O)C(=O)NCC(=O)N[C@@H](C)C(=O)N[C@@H](Cc1ccccc1)C(=O)N[C@@H](CCC(=O)O)C(=O)O. The summed E-state index contributed by atoms with van der Waals surface area (Å²) in [5.41, 5.74) is 11.3. The lowest BCUT2D eigenvalue weighted by Gasteiger charge is -2.24. The zero-order valence-electron chi connectivity index (χ0n) is 25.2. The number of aliphatic carboxylic acids is 2. The molecule has 45 heavy (non-hydrogen) atoms. The van der Waals surface area contributed by atoms with Crippen LogP contribution in [0.4, 0.5) is 0 Å². The van der Waals surface area contributed by atoms with Gasteiger partial charge in [0, 0.05) is 12.8 Å². The zero-order chi connectivity index (χ0) is 34.3. The number of hydrogen-bond acceptors (Lipinski definition) is 9. The number of nitrogens with two attached hydrogens (primary N) is 2. The van der Waals surface area contributed by atoms with E-state index in [1.807, 2.05) is 0 Å². The van der Waals surface area contributed by atoms with Gasteiger partial charge in [-0.15, -0.1) is 0 Å². The minimum atomic E-state index is -1.53. The van der Waals surface area contributed by atoms with Crippen LogP contribution in [0.5, 0.6) is 0 Å². The van der Waals surface area contributed by atoms with E-state index in [2.05, 4.69) is 26.6 Å². The van der Waals surface area contributed by atoms with E-state index in [0.717, 1.165) is 0 Å². The highest BCUT2D eigenvalue weighted by molar-refractivity contribution is 5.95. The molecule has 1 aromatic rings. The Kier molecular flexibility index (Phi) is 15.7. The van der Waals surface area contributed by atoms with E-state index >= 15 is 0 Å². The van der Waals surface area contributed by atoms with Crippen molar-refractivity contribution in [3.05, 3.63) is 35.9 Å². The molecule has 6 amide bonds. The summed E-state index contributed by atoms with van der Waals surface area (Å²) in [6, 6.07) is 2.08. The number of carbonyl (C=O) groups is 8. The van der Waals surface area contributed by atoms with Crippen LogP contribution in [0.1, 0.15) is 45.6 Å². The third kappa shape index (κ3) is 14.3. The fourth-order valence-corrected chi connectivity index (χ4v) is 3.89. The summed E-state index contributed by atoms with van der Waals surface area (Å²) in [6.45, 7) is 3.99. The lowest BCUT2D eigenvalue weighted by Crippen LogP contribution is -2.57. The normalized spacial score (nSPS) is 14.1. The molecule has 1 rings (SSSR count). The Morgan fingerprint density at radius 2 is 1.38 bits per heavy atom. The standard InChI is InChI=1S/C28H41N7O10/c1-14(2)23(35-25(41)17(29)12-20(30)36)27(43)31-13-21(37)32-15(3)24(40)34-19(11-16-7-5-4-6-8-16)26(42)33-18(28(44)45)9-10-22(38)39/h4-8,14-15,17-19,23H,9-13,29H2,1-3H3,(H2,30,36)(H,31,43)(H,32,37)(H,33,42)(H,34,40)(H,35,41)(H,38,39)(H,44,45)/t15-,17-,18-,19-,23-/m0/s1. The van der Waals surface area contributed by atoms with E-state index in [-0.39, 0.29) is 12.8 Å². The highest BCUT2D eigenvalue weighted by atomic mass is 16.4. The summed E-state index contributed by atoms with van der Waals surface area (Å²) in [7, 11) is 0. The van der Waals surface area contributed by atoms with Crippen molar-refractivity contribution in [3.63, 3.8) is 0 Å². The predicted molar refractivity (Wildman–Crippen MR) is 158 cm³/mol. The largest absolute Gasteiger partial charge is 0.481 e. The molecule has 0 aliphatic carbocycles. The quantitative estimate of drug-likeness (QED) is 0.0743. The van der Waals surface area contributed by atoms with Crippen LogP contribution in [0.15, 0.2) is 30.3 Å². The molecule has 0 spiro atoms. The number of amides is 6. The summed E-state index contributed by atoms with van der Waals surface area (Å²) >= 11 is 0. The minimum Gasteiger partial charge on any atom is -0.481 e. The summed E-state index contributed by atoms with van der Waals surface area (Å²) in [5.74, 6) is -7.93. The van der Waals surface area contributed by atoms with Gasteiger partial charge in [-0.3, -0.25) is 33.6 Å². The van der Waals surface area contributed by atoms with Gasteiger partial charge in [0.15, 0.2) is 0 Å². The predicted octanol–water partition coefficient (Wildman–Crippen LogP) is -2.89. The van der Waals surface area contributed by atoms with Crippen molar-refractivity contribution < 1.29 is 48.6 Å². The molecule has 1 aromatic carbocycles. The summed E-state index contributed by atoms with van der Waals surface area (Å²) in [4.78, 5) is 96.8. The van der Waals surface area contributed by atoms with E-state index in [1.54, 1.807) is 44.2 Å². The average Bonchev–Trinajstić information content (AvgIpc) is 2.95. The zero-order valence-corrected chi connectivity index (χ0v) is 25.2. The van der Waals surface area contributed by atoms with E-state index in [1.165, 1.54) is 6.92 Å². The van der Waals surface area contributed by atoms with Crippen LogP contribution in [0.2, 0.25) is 0 Å². The first-order chi connectivity index (χ1) is 21.0. The first kappa shape index (κ1) is 38.0. The van der Waals surface area contributed by atoms with Gasteiger partial charge in [-0.1, -0.05) is 44.2 Å². The van der Waals surface area contributed by atoms with Gasteiger partial charge in [0.2, 0.25) is 35.4 Å². The maximum atomic E-state index is 13.0. The van der Waals surface area contributed by atoms with Gasteiger partial charge in [-0.25, -0.2) is 4.79 Å². The topological polar surface area (TPSA) is 289 Å². The first-order valence-corrected chi connectivity index (χ1v) is 14.0. The summed E-state index contributed by atoms with van der Waals surface area (Å²) in [5, 5.41) is 30.1. The van der Waals surface area contributed by atoms with E-state index in [4.69, 9.17) is 16.6 Å². The molecule has 0 saturated heterocycles. The lowest BCUT2D eigenvalue weighted by atomic mass is 10.0. The average molecular weight is 636 g/mol. The lowest BCUT2D eigenvalue weighted by molar-refractivity contribution is -0.143. The van der Waals surface area contributed by atoms with Gasteiger partial charge < -0.3 is 48.3 Å². The van der Waals surface area contributed by atoms with E-state index in [0.29, 0.717) is 5.56 Å². The molecular weight excluding hydrogens is 594 g/mol. The molecule has 0 aliphatic heterocycles. The first-order valence-electron chi connectivity index (χ1n) is 14.0. The van der Waals surface area contributed by atoms with Crippen molar-refractivity contribution in [1.82, 2.24) is 26.6 Å². The maximum absolute atomic E-state index is 13.0. The minimum absolute atomic E-state index is 0.0498. The van der Waals surface area contributed by atoms with Crippen molar-refractivity contribution in [1.29, 1.82) is 0 Å². The van der Waals surface area contributed by atoms with Crippen LogP contribution in [0.3, 0.4) is 0 Å².